The van der Waals surface area contributed by atoms with Crippen LogP contribution in [0.15, 0.2) is 0 Å². The van der Waals surface area contributed by atoms with Gasteiger partial charge in [0.05, 0.1) is 12.6 Å². The van der Waals surface area contributed by atoms with Crippen LogP contribution in [0.25, 0.3) is 0 Å². The van der Waals surface area contributed by atoms with Gasteiger partial charge in [-0.15, -0.1) is 0 Å². The van der Waals surface area contributed by atoms with E-state index in [1.54, 1.807) is 7.11 Å². The number of ether oxygens (including phenoxy) is 1. The molecule has 22 heavy (non-hydrogen) atoms. The number of carbonyl (C=O) groups is 2. The normalized spacial score (nSPS) is 17.2. The van der Waals surface area contributed by atoms with E-state index >= 15 is 0 Å². The Balaban J connectivity index is 2.34. The van der Waals surface area contributed by atoms with E-state index in [1.165, 1.54) is 12.8 Å². The molecule has 6 heteroatoms. The first-order valence-corrected chi connectivity index (χ1v) is 8.31. The lowest BCUT2D eigenvalue weighted by atomic mass is 10.2. The topological polar surface area (TPSA) is 61.9 Å². The van der Waals surface area contributed by atoms with Crippen molar-refractivity contribution in [1.82, 2.24) is 15.1 Å². The average Bonchev–Trinajstić information content (AvgIpc) is 2.79. The fourth-order valence-corrected chi connectivity index (χ4v) is 2.61. The Morgan fingerprint density at radius 2 is 1.86 bits per heavy atom. The summed E-state index contributed by atoms with van der Waals surface area (Å²) >= 11 is 0. The Kier molecular flexibility index (Phi) is 9.08. The number of nitrogens with zero attached hydrogens (tertiary/aromatic N) is 2. The first-order valence-electron chi connectivity index (χ1n) is 8.31. The van der Waals surface area contributed by atoms with Crippen molar-refractivity contribution in [2.45, 2.75) is 45.1 Å². The van der Waals surface area contributed by atoms with Crippen molar-refractivity contribution in [3.8, 4) is 0 Å². The van der Waals surface area contributed by atoms with Gasteiger partial charge >= 0.3 is 0 Å². The largest absolute Gasteiger partial charge is 0.385 e. The zero-order valence-corrected chi connectivity index (χ0v) is 14.3. The number of hydrogen-bond acceptors (Lipinski definition) is 4. The second-order valence-electron chi connectivity index (χ2n) is 6.03. The van der Waals surface area contributed by atoms with Gasteiger partial charge in [0.1, 0.15) is 0 Å². The number of nitrogens with one attached hydrogen (secondary N) is 1. The smallest absolute Gasteiger partial charge is 0.239 e. The van der Waals surface area contributed by atoms with Crippen LogP contribution in [-0.2, 0) is 14.3 Å². The van der Waals surface area contributed by atoms with Crippen molar-refractivity contribution >= 4 is 11.8 Å². The monoisotopic (exact) mass is 313 g/mol. The Morgan fingerprint density at radius 3 is 2.45 bits per heavy atom. The third-order valence-electron chi connectivity index (χ3n) is 4.18. The van der Waals surface area contributed by atoms with Crippen molar-refractivity contribution < 1.29 is 14.3 Å². The molecule has 0 aliphatic carbocycles. The molecular formula is C16H31N3O3. The molecule has 0 aromatic carbocycles. The lowest BCUT2D eigenvalue weighted by molar-refractivity contribution is -0.136. The minimum absolute atomic E-state index is 0.0471. The van der Waals surface area contributed by atoms with Gasteiger partial charge in [-0.2, -0.15) is 0 Å². The van der Waals surface area contributed by atoms with E-state index in [0.29, 0.717) is 13.2 Å². The van der Waals surface area contributed by atoms with Crippen LogP contribution in [0.2, 0.25) is 0 Å². The summed E-state index contributed by atoms with van der Waals surface area (Å²) in [6.07, 6.45) is 5.38. The Labute approximate surface area is 134 Å². The highest BCUT2D eigenvalue weighted by Crippen LogP contribution is 2.12. The number of carbonyl (C=O) groups excluding carboxylic acids is 2. The standard InChI is InChI=1S/C16H31N3O3/c1-14(16(21)19-10-6-4-5-7-11-19)18(2)13-15(20)17-9-8-12-22-3/h14H,4-13H2,1-3H3,(H,17,20). The van der Waals surface area contributed by atoms with Crippen LogP contribution in [0, 0.1) is 0 Å². The van der Waals surface area contributed by atoms with Gasteiger partial charge in [-0.05, 0) is 33.2 Å². The molecule has 1 heterocycles. The number of methoxy groups -OCH3 is 1. The number of likely N-dealkylation sites (N-methyl/N-ethyl adjacent to an activating group) is 1. The summed E-state index contributed by atoms with van der Waals surface area (Å²) in [6.45, 7) is 5.06. The number of hydrogen-bond donors (Lipinski definition) is 1. The highest BCUT2D eigenvalue weighted by Gasteiger charge is 2.25. The van der Waals surface area contributed by atoms with E-state index in [-0.39, 0.29) is 24.4 Å². The third kappa shape index (κ3) is 6.75. The minimum Gasteiger partial charge on any atom is -0.385 e. The summed E-state index contributed by atoms with van der Waals surface area (Å²) in [4.78, 5) is 28.1. The molecule has 0 bridgehead atoms. The highest BCUT2D eigenvalue weighted by molar-refractivity contribution is 5.83. The van der Waals surface area contributed by atoms with Crippen molar-refractivity contribution in [1.29, 1.82) is 0 Å². The molecule has 1 aliphatic rings. The number of rotatable bonds is 8. The predicted molar refractivity (Wildman–Crippen MR) is 86.6 cm³/mol. The van der Waals surface area contributed by atoms with Crippen LogP contribution in [0.3, 0.4) is 0 Å². The number of likely N-dealkylation sites (tertiary alicyclic amines) is 1. The summed E-state index contributed by atoms with van der Waals surface area (Å²) in [7, 11) is 3.47. The van der Waals surface area contributed by atoms with Gasteiger partial charge in [0, 0.05) is 33.4 Å². The summed E-state index contributed by atoms with van der Waals surface area (Å²) in [5.74, 6) is 0.0886. The molecule has 0 aromatic heterocycles. The van der Waals surface area contributed by atoms with Gasteiger partial charge < -0.3 is 15.0 Å². The molecule has 0 radical (unpaired) electrons. The molecule has 0 spiro atoms. The molecule has 1 N–H and O–H groups in total. The lowest BCUT2D eigenvalue weighted by Gasteiger charge is -2.29. The van der Waals surface area contributed by atoms with Gasteiger partial charge in [0.25, 0.3) is 0 Å². The van der Waals surface area contributed by atoms with Crippen LogP contribution in [0.1, 0.15) is 39.0 Å². The fraction of sp³-hybridized carbons (Fsp3) is 0.875. The van der Waals surface area contributed by atoms with E-state index in [9.17, 15) is 9.59 Å². The molecule has 1 fully saturated rings. The third-order valence-corrected chi connectivity index (χ3v) is 4.18. The van der Waals surface area contributed by atoms with E-state index < -0.39 is 0 Å². The molecular weight excluding hydrogens is 282 g/mol. The molecule has 128 valence electrons. The Bertz CT molecular complexity index is 342. The quantitative estimate of drug-likeness (QED) is 0.675. The van der Waals surface area contributed by atoms with Gasteiger partial charge in [-0.1, -0.05) is 12.8 Å². The summed E-state index contributed by atoms with van der Waals surface area (Å²) < 4.78 is 4.94. The highest BCUT2D eigenvalue weighted by atomic mass is 16.5. The molecule has 0 saturated carbocycles. The van der Waals surface area contributed by atoms with Crippen molar-refractivity contribution in [3.63, 3.8) is 0 Å². The van der Waals surface area contributed by atoms with Gasteiger partial charge in [0.2, 0.25) is 11.8 Å². The second kappa shape index (κ2) is 10.6. The summed E-state index contributed by atoms with van der Waals surface area (Å²) in [5, 5.41) is 2.85. The van der Waals surface area contributed by atoms with Crippen LogP contribution in [0.5, 0.6) is 0 Å². The van der Waals surface area contributed by atoms with Crippen LogP contribution >= 0.6 is 0 Å². The molecule has 6 nitrogen and oxygen atoms in total. The van der Waals surface area contributed by atoms with Crippen molar-refractivity contribution in [2.24, 2.45) is 0 Å². The summed E-state index contributed by atoms with van der Waals surface area (Å²) in [5.41, 5.74) is 0. The molecule has 0 aromatic rings. The average molecular weight is 313 g/mol. The van der Waals surface area contributed by atoms with E-state index in [0.717, 1.165) is 32.4 Å². The predicted octanol–water partition coefficient (Wildman–Crippen LogP) is 0.862. The number of amides is 2. The molecule has 1 unspecified atom stereocenters. The van der Waals surface area contributed by atoms with Crippen molar-refractivity contribution in [3.05, 3.63) is 0 Å². The van der Waals surface area contributed by atoms with Crippen LogP contribution < -0.4 is 5.32 Å². The Hall–Kier alpha value is -1.14. The SMILES string of the molecule is COCCCNC(=O)CN(C)C(C)C(=O)N1CCCCCC1. The first-order chi connectivity index (χ1) is 10.6. The molecule has 1 atom stereocenters. The Morgan fingerprint density at radius 1 is 1.23 bits per heavy atom. The maximum Gasteiger partial charge on any atom is 0.239 e. The van der Waals surface area contributed by atoms with Gasteiger partial charge in [-0.25, -0.2) is 0 Å². The summed E-state index contributed by atoms with van der Waals surface area (Å²) in [6, 6.07) is -0.261. The van der Waals surface area contributed by atoms with Crippen molar-refractivity contribution in [2.75, 3.05) is 46.9 Å². The fourth-order valence-electron chi connectivity index (χ4n) is 2.61. The van der Waals surface area contributed by atoms with E-state index in [1.807, 2.05) is 23.8 Å². The lowest BCUT2D eigenvalue weighted by Crippen LogP contribution is -2.48. The van der Waals surface area contributed by atoms with Crippen LogP contribution in [0.4, 0.5) is 0 Å². The second-order valence-corrected chi connectivity index (χ2v) is 6.03. The maximum atomic E-state index is 12.5. The van der Waals surface area contributed by atoms with Gasteiger partial charge in [0.15, 0.2) is 0 Å². The molecule has 1 saturated heterocycles. The molecule has 1 rings (SSSR count). The zero-order valence-electron chi connectivity index (χ0n) is 14.3. The molecule has 1 aliphatic heterocycles. The molecule has 2 amide bonds. The van der Waals surface area contributed by atoms with Crippen LogP contribution in [-0.4, -0.2) is 74.6 Å². The van der Waals surface area contributed by atoms with E-state index in [2.05, 4.69) is 5.32 Å². The van der Waals surface area contributed by atoms with E-state index in [4.69, 9.17) is 4.74 Å². The van der Waals surface area contributed by atoms with Gasteiger partial charge in [-0.3, -0.25) is 14.5 Å². The zero-order chi connectivity index (χ0) is 16.4. The maximum absolute atomic E-state index is 12.5. The minimum atomic E-state index is -0.261. The first kappa shape index (κ1) is 18.9.